The fraction of sp³-hybridized carbons (Fsp3) is 0.333. The van der Waals surface area contributed by atoms with Crippen molar-refractivity contribution in [2.45, 2.75) is 31.0 Å². The highest BCUT2D eigenvalue weighted by Gasteiger charge is 2.28. The number of nitrogens with zero attached hydrogens (tertiary/aromatic N) is 1. The Labute approximate surface area is 138 Å². The second-order valence-electron chi connectivity index (χ2n) is 5.13. The first-order valence-corrected chi connectivity index (χ1v) is 9.59. The van der Waals surface area contributed by atoms with E-state index in [0.29, 0.717) is 4.21 Å². The van der Waals surface area contributed by atoms with Crippen molar-refractivity contribution in [3.63, 3.8) is 0 Å². The molecule has 114 valence electrons. The summed E-state index contributed by atoms with van der Waals surface area (Å²) in [5.74, 6) is 0. The van der Waals surface area contributed by atoms with Crippen LogP contribution >= 0.6 is 27.3 Å². The van der Waals surface area contributed by atoms with E-state index < -0.39 is 10.0 Å². The maximum atomic E-state index is 12.7. The SMILES string of the molecule is Cc1ccc(C(C)N(C)S(=O)(=O)c2cc(C)c(Br)s2)cc1. The highest BCUT2D eigenvalue weighted by atomic mass is 79.9. The largest absolute Gasteiger partial charge is 0.252 e. The Morgan fingerprint density at radius 3 is 2.24 bits per heavy atom. The van der Waals surface area contributed by atoms with E-state index in [1.807, 2.05) is 45.0 Å². The van der Waals surface area contributed by atoms with Crippen molar-refractivity contribution < 1.29 is 8.42 Å². The van der Waals surface area contributed by atoms with Crippen LogP contribution in [-0.2, 0) is 10.0 Å². The Kier molecular flexibility index (Phi) is 4.92. The summed E-state index contributed by atoms with van der Waals surface area (Å²) < 4.78 is 28.0. The third-order valence-electron chi connectivity index (χ3n) is 3.57. The number of hydrogen-bond acceptors (Lipinski definition) is 3. The molecule has 0 bridgehead atoms. The van der Waals surface area contributed by atoms with Crippen LogP contribution in [0.2, 0.25) is 0 Å². The Balaban J connectivity index is 2.33. The first-order valence-electron chi connectivity index (χ1n) is 6.54. The molecule has 0 aliphatic rings. The van der Waals surface area contributed by atoms with Gasteiger partial charge in [-0.1, -0.05) is 29.8 Å². The second-order valence-corrected chi connectivity index (χ2v) is 9.72. The summed E-state index contributed by atoms with van der Waals surface area (Å²) in [5.41, 5.74) is 3.09. The summed E-state index contributed by atoms with van der Waals surface area (Å²) in [6.45, 7) is 5.81. The van der Waals surface area contributed by atoms with Crippen LogP contribution in [0.4, 0.5) is 0 Å². The van der Waals surface area contributed by atoms with Crippen LogP contribution in [0.25, 0.3) is 0 Å². The molecular formula is C15H18BrNO2S2. The van der Waals surface area contributed by atoms with Gasteiger partial charge in [-0.2, -0.15) is 4.31 Å². The van der Waals surface area contributed by atoms with Crippen LogP contribution in [-0.4, -0.2) is 19.8 Å². The molecule has 2 rings (SSSR count). The molecular weight excluding hydrogens is 370 g/mol. The minimum atomic E-state index is -3.48. The number of rotatable bonds is 4. The summed E-state index contributed by atoms with van der Waals surface area (Å²) in [7, 11) is -1.85. The van der Waals surface area contributed by atoms with Gasteiger partial charge in [-0.05, 0) is 53.9 Å². The average Bonchev–Trinajstić information content (AvgIpc) is 2.78. The molecule has 0 aliphatic carbocycles. The highest BCUT2D eigenvalue weighted by Crippen LogP contribution is 2.34. The fourth-order valence-electron chi connectivity index (χ4n) is 1.96. The van der Waals surface area contributed by atoms with Gasteiger partial charge >= 0.3 is 0 Å². The minimum Gasteiger partial charge on any atom is -0.206 e. The van der Waals surface area contributed by atoms with Gasteiger partial charge in [0.25, 0.3) is 10.0 Å². The van der Waals surface area contributed by atoms with Crippen LogP contribution in [0, 0.1) is 13.8 Å². The molecule has 0 saturated carbocycles. The van der Waals surface area contributed by atoms with Crippen LogP contribution in [0.3, 0.4) is 0 Å². The number of benzene rings is 1. The molecule has 0 spiro atoms. The van der Waals surface area contributed by atoms with Gasteiger partial charge in [0.2, 0.25) is 0 Å². The van der Waals surface area contributed by atoms with Gasteiger partial charge < -0.3 is 0 Å². The first kappa shape index (κ1) is 16.7. The van der Waals surface area contributed by atoms with Crippen molar-refractivity contribution in [3.8, 4) is 0 Å². The summed E-state index contributed by atoms with van der Waals surface area (Å²) in [6.07, 6.45) is 0. The molecule has 0 radical (unpaired) electrons. The third-order valence-corrected chi connectivity index (χ3v) is 8.09. The topological polar surface area (TPSA) is 37.4 Å². The van der Waals surface area contributed by atoms with E-state index in [1.54, 1.807) is 13.1 Å². The molecule has 1 atom stereocenters. The standard InChI is InChI=1S/C15H18BrNO2S2/c1-10-5-7-13(8-6-10)12(3)17(4)21(18,19)14-9-11(2)15(16)20-14/h5-9,12H,1-4H3. The Morgan fingerprint density at radius 2 is 1.76 bits per heavy atom. The van der Waals surface area contributed by atoms with Crippen molar-refractivity contribution in [1.82, 2.24) is 4.31 Å². The Morgan fingerprint density at radius 1 is 1.19 bits per heavy atom. The van der Waals surface area contributed by atoms with Crippen molar-refractivity contribution in [2.24, 2.45) is 0 Å². The van der Waals surface area contributed by atoms with Crippen molar-refractivity contribution >= 4 is 37.3 Å². The zero-order valence-corrected chi connectivity index (χ0v) is 15.6. The van der Waals surface area contributed by atoms with Crippen molar-refractivity contribution in [3.05, 3.63) is 50.8 Å². The lowest BCUT2D eigenvalue weighted by molar-refractivity contribution is 0.399. The summed E-state index contributed by atoms with van der Waals surface area (Å²) in [4.78, 5) is 0. The molecule has 2 aromatic rings. The van der Waals surface area contributed by atoms with Crippen LogP contribution in [0.5, 0.6) is 0 Å². The summed E-state index contributed by atoms with van der Waals surface area (Å²) in [5, 5.41) is 0. The smallest absolute Gasteiger partial charge is 0.206 e. The fourth-order valence-corrected chi connectivity index (χ4v) is 5.73. The molecule has 0 saturated heterocycles. The third kappa shape index (κ3) is 3.39. The van der Waals surface area contributed by atoms with Gasteiger partial charge in [0.05, 0.1) is 3.79 Å². The molecule has 3 nitrogen and oxygen atoms in total. The molecule has 1 aromatic carbocycles. The van der Waals surface area contributed by atoms with Gasteiger partial charge in [-0.25, -0.2) is 8.42 Å². The van der Waals surface area contributed by atoms with Crippen molar-refractivity contribution in [1.29, 1.82) is 0 Å². The molecule has 1 unspecified atom stereocenters. The van der Waals surface area contributed by atoms with E-state index >= 15 is 0 Å². The number of aryl methyl sites for hydroxylation is 2. The molecule has 0 N–H and O–H groups in total. The zero-order chi connectivity index (χ0) is 15.8. The minimum absolute atomic E-state index is 0.211. The predicted molar refractivity (Wildman–Crippen MR) is 91.3 cm³/mol. The molecule has 0 amide bonds. The summed E-state index contributed by atoms with van der Waals surface area (Å²) >= 11 is 4.63. The summed E-state index contributed by atoms with van der Waals surface area (Å²) in [6, 6.07) is 9.44. The van der Waals surface area contributed by atoms with E-state index in [0.717, 1.165) is 20.5 Å². The lowest BCUT2D eigenvalue weighted by Gasteiger charge is -2.24. The maximum Gasteiger partial charge on any atom is 0.252 e. The van der Waals surface area contributed by atoms with Crippen LogP contribution < -0.4 is 0 Å². The van der Waals surface area contributed by atoms with Gasteiger partial charge in [-0.15, -0.1) is 11.3 Å². The van der Waals surface area contributed by atoms with Crippen LogP contribution in [0.1, 0.15) is 29.7 Å². The van der Waals surface area contributed by atoms with E-state index in [9.17, 15) is 8.42 Å². The predicted octanol–water partition coefficient (Wildman–Crippen LogP) is 4.51. The first-order chi connectivity index (χ1) is 9.73. The number of halogens is 1. The van der Waals surface area contributed by atoms with Crippen LogP contribution in [0.15, 0.2) is 38.3 Å². The Bertz CT molecular complexity index is 716. The zero-order valence-electron chi connectivity index (χ0n) is 12.4. The molecule has 21 heavy (non-hydrogen) atoms. The van der Waals surface area contributed by atoms with Gasteiger partial charge in [-0.3, -0.25) is 0 Å². The van der Waals surface area contributed by atoms with E-state index in [4.69, 9.17) is 0 Å². The monoisotopic (exact) mass is 387 g/mol. The normalized spacial score (nSPS) is 13.6. The molecule has 1 aromatic heterocycles. The lowest BCUT2D eigenvalue weighted by atomic mass is 10.1. The number of hydrogen-bond donors (Lipinski definition) is 0. The number of thiophene rings is 1. The Hall–Kier alpha value is -0.690. The molecule has 0 fully saturated rings. The quantitative estimate of drug-likeness (QED) is 0.773. The van der Waals surface area contributed by atoms with E-state index in [-0.39, 0.29) is 6.04 Å². The maximum absolute atomic E-state index is 12.7. The van der Waals surface area contributed by atoms with E-state index in [2.05, 4.69) is 15.9 Å². The van der Waals surface area contributed by atoms with Gasteiger partial charge in [0, 0.05) is 13.1 Å². The highest BCUT2D eigenvalue weighted by molar-refractivity contribution is 9.11. The molecule has 1 heterocycles. The van der Waals surface area contributed by atoms with Gasteiger partial charge in [0.1, 0.15) is 4.21 Å². The average molecular weight is 388 g/mol. The van der Waals surface area contributed by atoms with Gasteiger partial charge in [0.15, 0.2) is 0 Å². The lowest BCUT2D eigenvalue weighted by Crippen LogP contribution is -2.29. The molecule has 0 aliphatic heterocycles. The number of sulfonamides is 1. The second kappa shape index (κ2) is 6.20. The van der Waals surface area contributed by atoms with E-state index in [1.165, 1.54) is 15.6 Å². The van der Waals surface area contributed by atoms with Crippen molar-refractivity contribution in [2.75, 3.05) is 7.05 Å². The molecule has 6 heteroatoms.